The number of hydrogen-bond acceptors (Lipinski definition) is 12. The SMILES string of the molecule is Nc1nnc(-c2ccccc2O)cc1N1CC2CCC(C1)N2c1ncc(C2CCN(CCCCCNC(=O)COc3ccc4c(c3)CCCN4C(=O)CCl)CC2)cn1. The van der Waals surface area contributed by atoms with Gasteiger partial charge >= 0.3 is 0 Å². The van der Waals surface area contributed by atoms with Gasteiger partial charge in [-0.3, -0.25) is 9.59 Å². The molecule has 15 heteroatoms. The maximum Gasteiger partial charge on any atom is 0.257 e. The van der Waals surface area contributed by atoms with Crippen molar-refractivity contribution >= 4 is 46.6 Å². The van der Waals surface area contributed by atoms with Crippen molar-refractivity contribution in [3.05, 3.63) is 72.1 Å². The van der Waals surface area contributed by atoms with Gasteiger partial charge in [0.05, 0.1) is 11.4 Å². The number of likely N-dealkylation sites (tertiary alicyclic amines) is 1. The number of aromatic hydroxyl groups is 1. The minimum Gasteiger partial charge on any atom is -0.507 e. The van der Waals surface area contributed by atoms with Gasteiger partial charge in [0.1, 0.15) is 17.4 Å². The summed E-state index contributed by atoms with van der Waals surface area (Å²) in [5, 5.41) is 21.9. The van der Waals surface area contributed by atoms with Crippen molar-refractivity contribution in [3.63, 3.8) is 0 Å². The Labute approximate surface area is 344 Å². The van der Waals surface area contributed by atoms with Crippen LogP contribution in [-0.2, 0) is 16.0 Å². The fourth-order valence-electron chi connectivity index (χ4n) is 9.12. The number of carbonyl (C=O) groups is 2. The van der Waals surface area contributed by atoms with Crippen LogP contribution in [0.25, 0.3) is 11.3 Å². The number of anilines is 4. The number of phenols is 1. The number of aryl methyl sites for hydroxylation is 1. The van der Waals surface area contributed by atoms with Crippen molar-refractivity contribution < 1.29 is 19.4 Å². The number of ether oxygens (including phenoxy) is 1. The molecule has 14 nitrogen and oxygen atoms in total. The summed E-state index contributed by atoms with van der Waals surface area (Å²) < 4.78 is 5.76. The van der Waals surface area contributed by atoms with Gasteiger partial charge in [-0.25, -0.2) is 9.97 Å². The lowest BCUT2D eigenvalue weighted by molar-refractivity contribution is -0.123. The molecule has 4 aliphatic rings. The normalized spacial score (nSPS) is 19.6. The topological polar surface area (TPSA) is 166 Å². The number of hydrogen-bond donors (Lipinski definition) is 3. The zero-order valence-electron chi connectivity index (χ0n) is 32.9. The Balaban J connectivity index is 0.729. The monoisotopic (exact) mass is 808 g/mol. The number of nitrogens with zero attached hydrogens (tertiary/aromatic N) is 8. The number of nitrogen functional groups attached to an aromatic ring is 1. The van der Waals surface area contributed by atoms with Crippen LogP contribution in [0, 0.1) is 0 Å². The van der Waals surface area contributed by atoms with Crippen molar-refractivity contribution in [1.82, 2.24) is 30.4 Å². The average Bonchev–Trinajstić information content (AvgIpc) is 3.52. The molecule has 2 aromatic heterocycles. The molecule has 2 amide bonds. The molecule has 306 valence electrons. The van der Waals surface area contributed by atoms with E-state index < -0.39 is 0 Å². The number of amides is 2. The largest absolute Gasteiger partial charge is 0.507 e. The molecule has 4 aromatic rings. The second kappa shape index (κ2) is 18.2. The van der Waals surface area contributed by atoms with E-state index in [9.17, 15) is 14.7 Å². The molecule has 0 saturated carbocycles. The third kappa shape index (κ3) is 8.92. The number of nitrogens with one attached hydrogen (secondary N) is 1. The number of unbranched alkanes of at least 4 members (excludes halogenated alkanes) is 2. The van der Waals surface area contributed by atoms with Crippen LogP contribution in [0.1, 0.15) is 68.4 Å². The van der Waals surface area contributed by atoms with Crippen LogP contribution in [0.2, 0.25) is 0 Å². The van der Waals surface area contributed by atoms with E-state index in [1.54, 1.807) is 17.0 Å². The van der Waals surface area contributed by atoms with Crippen molar-refractivity contribution in [2.24, 2.45) is 0 Å². The predicted octanol–water partition coefficient (Wildman–Crippen LogP) is 5.14. The fraction of sp³-hybridized carbons (Fsp3) is 0.488. The van der Waals surface area contributed by atoms with E-state index >= 15 is 0 Å². The van der Waals surface area contributed by atoms with Crippen molar-refractivity contribution in [3.8, 4) is 22.8 Å². The molecular weight excluding hydrogens is 756 g/mol. The Morgan fingerprint density at radius 1 is 0.914 bits per heavy atom. The minimum atomic E-state index is -0.129. The molecule has 6 heterocycles. The fourth-order valence-corrected chi connectivity index (χ4v) is 9.26. The Hall–Kier alpha value is -5.21. The van der Waals surface area contributed by atoms with Crippen LogP contribution in [0.3, 0.4) is 0 Å². The van der Waals surface area contributed by atoms with Crippen LogP contribution in [-0.4, -0.2) is 112 Å². The lowest BCUT2D eigenvalue weighted by Crippen LogP contribution is -2.54. The first-order valence-corrected chi connectivity index (χ1v) is 21.3. The van der Waals surface area contributed by atoms with Gasteiger partial charge in [0, 0.05) is 61.9 Å². The third-order valence-electron chi connectivity index (χ3n) is 12.2. The third-order valence-corrected chi connectivity index (χ3v) is 12.4. The Morgan fingerprint density at radius 3 is 2.45 bits per heavy atom. The van der Waals surface area contributed by atoms with Gasteiger partial charge in [0.15, 0.2) is 12.4 Å². The number of piperazine rings is 1. The Kier molecular flexibility index (Phi) is 12.4. The van der Waals surface area contributed by atoms with Gasteiger partial charge in [-0.15, -0.1) is 21.8 Å². The number of halogens is 1. The zero-order valence-corrected chi connectivity index (χ0v) is 33.7. The zero-order chi connectivity index (χ0) is 40.0. The standard InChI is InChI=1S/C43H53ClN10O4/c44-23-41(57)53-18-6-7-30-21-34(12-13-37(30)53)58-28-40(56)46-16-4-1-5-17-51-19-14-29(15-20-51)31-24-47-43(48-25-31)54-32-10-11-33(54)27-52(26-32)38-22-36(49-50-42(38)45)35-8-2-3-9-39(35)55/h2-3,8-9,12-13,21-22,24-25,29,32-33,55H,1,4-7,10-11,14-20,23,26-28H2,(H2,45,50)(H,46,56). The Bertz CT molecular complexity index is 2050. The molecule has 58 heavy (non-hydrogen) atoms. The molecule has 2 unspecified atom stereocenters. The second-order valence-electron chi connectivity index (χ2n) is 15.9. The van der Waals surface area contributed by atoms with Crippen molar-refractivity contribution in [1.29, 1.82) is 0 Å². The van der Waals surface area contributed by atoms with Gasteiger partial charge < -0.3 is 40.5 Å². The van der Waals surface area contributed by atoms with E-state index in [-0.39, 0.29) is 42.1 Å². The maximum atomic E-state index is 12.4. The summed E-state index contributed by atoms with van der Waals surface area (Å²) in [6.07, 6.45) is 13.3. The number of fused-ring (bicyclic) bond motifs is 3. The van der Waals surface area contributed by atoms with E-state index in [4.69, 9.17) is 32.0 Å². The molecule has 0 spiro atoms. The number of piperidine rings is 1. The van der Waals surface area contributed by atoms with Gasteiger partial charge in [0.2, 0.25) is 11.9 Å². The van der Waals surface area contributed by atoms with Crippen molar-refractivity contribution in [2.45, 2.75) is 75.8 Å². The lowest BCUT2D eigenvalue weighted by Gasteiger charge is -2.42. The highest BCUT2D eigenvalue weighted by atomic mass is 35.5. The first kappa shape index (κ1) is 39.6. The molecule has 8 rings (SSSR count). The summed E-state index contributed by atoms with van der Waals surface area (Å²) in [4.78, 5) is 43.4. The molecule has 2 atom stereocenters. The highest BCUT2D eigenvalue weighted by Crippen LogP contribution is 2.38. The predicted molar refractivity (Wildman–Crippen MR) is 226 cm³/mol. The van der Waals surface area contributed by atoms with E-state index in [1.165, 1.54) is 5.56 Å². The molecule has 0 radical (unpaired) electrons. The molecule has 3 saturated heterocycles. The number of phenolic OH excluding ortho intramolecular Hbond substituents is 1. The van der Waals surface area contributed by atoms with Crippen LogP contribution in [0.5, 0.6) is 11.5 Å². The average molecular weight is 809 g/mol. The molecule has 2 bridgehead atoms. The first-order chi connectivity index (χ1) is 28.3. The van der Waals surface area contributed by atoms with E-state index in [1.807, 2.05) is 48.8 Å². The molecular formula is C43H53ClN10O4. The number of rotatable bonds is 14. The minimum absolute atomic E-state index is 0.0325. The molecule has 3 fully saturated rings. The van der Waals surface area contributed by atoms with Crippen LogP contribution in [0.4, 0.5) is 23.1 Å². The lowest BCUT2D eigenvalue weighted by atomic mass is 9.91. The maximum absolute atomic E-state index is 12.4. The van der Waals surface area contributed by atoms with Crippen molar-refractivity contribution in [2.75, 3.05) is 78.7 Å². The van der Waals surface area contributed by atoms with E-state index in [0.717, 1.165) is 113 Å². The number of benzene rings is 2. The molecule has 2 aromatic carbocycles. The summed E-state index contributed by atoms with van der Waals surface area (Å²) >= 11 is 5.78. The number of para-hydroxylation sites is 1. The first-order valence-electron chi connectivity index (χ1n) is 20.7. The summed E-state index contributed by atoms with van der Waals surface area (Å²) in [6.45, 7) is 6.05. The van der Waals surface area contributed by atoms with E-state index in [0.29, 0.717) is 41.8 Å². The molecule has 0 aliphatic carbocycles. The highest BCUT2D eigenvalue weighted by Gasteiger charge is 2.42. The molecule has 4 aliphatic heterocycles. The van der Waals surface area contributed by atoms with Crippen LogP contribution >= 0.6 is 11.6 Å². The van der Waals surface area contributed by atoms with Gasteiger partial charge in [-0.05, 0) is 124 Å². The summed E-state index contributed by atoms with van der Waals surface area (Å²) in [5.74, 6) is 2.19. The summed E-state index contributed by atoms with van der Waals surface area (Å²) in [7, 11) is 0. The number of alkyl halides is 1. The van der Waals surface area contributed by atoms with Gasteiger partial charge in [-0.2, -0.15) is 0 Å². The Morgan fingerprint density at radius 2 is 1.69 bits per heavy atom. The van der Waals surface area contributed by atoms with Crippen LogP contribution in [0.15, 0.2) is 60.9 Å². The van der Waals surface area contributed by atoms with E-state index in [2.05, 4.69) is 30.2 Å². The highest BCUT2D eigenvalue weighted by molar-refractivity contribution is 6.29. The van der Waals surface area contributed by atoms with Gasteiger partial charge in [0.25, 0.3) is 5.91 Å². The summed E-state index contributed by atoms with van der Waals surface area (Å²) in [6, 6.07) is 15.2. The number of carbonyl (C=O) groups excluding carboxylic acids is 2. The van der Waals surface area contributed by atoms with Gasteiger partial charge in [-0.1, -0.05) is 18.6 Å². The van der Waals surface area contributed by atoms with Crippen LogP contribution < -0.4 is 30.5 Å². The smallest absolute Gasteiger partial charge is 0.257 e. The summed E-state index contributed by atoms with van der Waals surface area (Å²) in [5.41, 5.74) is 11.6. The number of aromatic nitrogens is 4. The number of nitrogens with two attached hydrogens (primary N) is 1. The quantitative estimate of drug-likeness (QED) is 0.114. The molecule has 4 N–H and O–H groups in total. The second-order valence-corrected chi connectivity index (χ2v) is 16.2.